The molecule has 88 valence electrons. The van der Waals surface area contributed by atoms with Crippen molar-refractivity contribution in [2.45, 2.75) is 44.8 Å². The molecule has 3 heteroatoms. The molecule has 1 aliphatic rings. The first-order valence-corrected chi connectivity index (χ1v) is 6.25. The van der Waals surface area contributed by atoms with E-state index in [0.29, 0.717) is 0 Å². The quantitative estimate of drug-likeness (QED) is 0.830. The van der Waals surface area contributed by atoms with Crippen LogP contribution in [-0.4, -0.2) is 17.3 Å². The van der Waals surface area contributed by atoms with Crippen molar-refractivity contribution in [3.05, 3.63) is 28.8 Å². The minimum Gasteiger partial charge on any atom is -0.391 e. The van der Waals surface area contributed by atoms with Crippen LogP contribution in [0.25, 0.3) is 0 Å². The van der Waals surface area contributed by atoms with Crippen LogP contribution in [0.4, 0.5) is 5.69 Å². The highest BCUT2D eigenvalue weighted by molar-refractivity contribution is 6.33. The minimum atomic E-state index is -0.245. The molecule has 0 saturated heterocycles. The van der Waals surface area contributed by atoms with E-state index < -0.39 is 0 Å². The van der Waals surface area contributed by atoms with Crippen LogP contribution in [0.3, 0.4) is 0 Å². The lowest BCUT2D eigenvalue weighted by molar-refractivity contribution is 0.116. The van der Waals surface area contributed by atoms with Gasteiger partial charge in [0.1, 0.15) is 0 Å². The highest BCUT2D eigenvalue weighted by Crippen LogP contribution is 2.27. The molecule has 2 atom stereocenters. The summed E-state index contributed by atoms with van der Waals surface area (Å²) < 4.78 is 0. The zero-order valence-corrected chi connectivity index (χ0v) is 10.3. The maximum Gasteiger partial charge on any atom is 0.0741 e. The molecule has 1 saturated carbocycles. The van der Waals surface area contributed by atoms with Gasteiger partial charge in [-0.05, 0) is 37.5 Å². The number of rotatable bonds is 2. The highest BCUT2D eigenvalue weighted by Gasteiger charge is 2.23. The fraction of sp³-hybridized carbons (Fsp3) is 0.538. The van der Waals surface area contributed by atoms with Gasteiger partial charge >= 0.3 is 0 Å². The van der Waals surface area contributed by atoms with Crippen molar-refractivity contribution in [3.8, 4) is 0 Å². The second-order valence-corrected chi connectivity index (χ2v) is 4.99. The fourth-order valence-corrected chi connectivity index (χ4v) is 2.40. The van der Waals surface area contributed by atoms with Gasteiger partial charge in [-0.1, -0.05) is 30.5 Å². The van der Waals surface area contributed by atoms with Gasteiger partial charge in [0.2, 0.25) is 0 Å². The van der Waals surface area contributed by atoms with E-state index in [-0.39, 0.29) is 12.1 Å². The first-order valence-electron chi connectivity index (χ1n) is 5.87. The largest absolute Gasteiger partial charge is 0.391 e. The van der Waals surface area contributed by atoms with E-state index in [1.54, 1.807) is 0 Å². The van der Waals surface area contributed by atoms with E-state index in [0.717, 1.165) is 30.0 Å². The molecule has 2 nitrogen and oxygen atoms in total. The van der Waals surface area contributed by atoms with E-state index in [1.165, 1.54) is 12.0 Å². The Kier molecular flexibility index (Phi) is 3.72. The molecule has 0 aromatic heterocycles. The Bertz CT molecular complexity index is 367. The lowest BCUT2D eigenvalue weighted by Crippen LogP contribution is -2.36. The number of anilines is 1. The van der Waals surface area contributed by atoms with Gasteiger partial charge in [-0.15, -0.1) is 0 Å². The van der Waals surface area contributed by atoms with Crippen molar-refractivity contribution in [2.75, 3.05) is 5.32 Å². The molecule has 0 bridgehead atoms. The van der Waals surface area contributed by atoms with Crippen molar-refractivity contribution >= 4 is 17.3 Å². The SMILES string of the molecule is Cc1ccc(Cl)c(NC2CCCCC2O)c1. The van der Waals surface area contributed by atoms with Crippen molar-refractivity contribution < 1.29 is 5.11 Å². The summed E-state index contributed by atoms with van der Waals surface area (Å²) >= 11 is 6.12. The number of benzene rings is 1. The van der Waals surface area contributed by atoms with E-state index in [4.69, 9.17) is 11.6 Å². The van der Waals surface area contributed by atoms with Gasteiger partial charge in [0.05, 0.1) is 22.9 Å². The molecule has 1 fully saturated rings. The molecule has 1 aromatic carbocycles. The summed E-state index contributed by atoms with van der Waals surface area (Å²) in [5, 5.41) is 14.0. The van der Waals surface area contributed by atoms with Gasteiger partial charge in [0.15, 0.2) is 0 Å². The zero-order valence-electron chi connectivity index (χ0n) is 9.54. The molecule has 0 radical (unpaired) electrons. The van der Waals surface area contributed by atoms with Crippen molar-refractivity contribution in [2.24, 2.45) is 0 Å². The molecular formula is C13H18ClNO. The highest BCUT2D eigenvalue weighted by atomic mass is 35.5. The van der Waals surface area contributed by atoms with Crippen molar-refractivity contribution in [3.63, 3.8) is 0 Å². The number of hydrogen-bond acceptors (Lipinski definition) is 2. The average Bonchev–Trinajstić information content (AvgIpc) is 2.27. The van der Waals surface area contributed by atoms with E-state index >= 15 is 0 Å². The molecule has 1 aromatic rings. The number of hydrogen-bond donors (Lipinski definition) is 2. The van der Waals surface area contributed by atoms with E-state index in [1.807, 2.05) is 25.1 Å². The molecule has 2 rings (SSSR count). The van der Waals surface area contributed by atoms with Gasteiger partial charge in [-0.25, -0.2) is 0 Å². The maximum atomic E-state index is 9.88. The topological polar surface area (TPSA) is 32.3 Å². The lowest BCUT2D eigenvalue weighted by Gasteiger charge is -2.29. The lowest BCUT2D eigenvalue weighted by atomic mass is 9.92. The minimum absolute atomic E-state index is 0.146. The Balaban J connectivity index is 2.10. The first-order chi connectivity index (χ1) is 7.66. The Morgan fingerprint density at radius 1 is 1.31 bits per heavy atom. The van der Waals surface area contributed by atoms with Gasteiger partial charge in [0, 0.05) is 0 Å². The van der Waals surface area contributed by atoms with Crippen LogP contribution in [0, 0.1) is 6.92 Å². The Morgan fingerprint density at radius 3 is 2.81 bits per heavy atom. The van der Waals surface area contributed by atoms with Gasteiger partial charge in [-0.3, -0.25) is 0 Å². The van der Waals surface area contributed by atoms with E-state index in [2.05, 4.69) is 5.32 Å². The van der Waals surface area contributed by atoms with Gasteiger partial charge < -0.3 is 10.4 Å². The number of nitrogens with one attached hydrogen (secondary N) is 1. The summed E-state index contributed by atoms with van der Waals surface area (Å²) in [6, 6.07) is 6.07. The molecule has 0 spiro atoms. The van der Waals surface area contributed by atoms with Crippen LogP contribution in [0.5, 0.6) is 0 Å². The van der Waals surface area contributed by atoms with Crippen LogP contribution in [0.1, 0.15) is 31.2 Å². The first kappa shape index (κ1) is 11.7. The predicted molar refractivity (Wildman–Crippen MR) is 68.1 cm³/mol. The standard InChI is InChI=1S/C13H18ClNO/c1-9-6-7-10(14)12(8-9)15-11-4-2-3-5-13(11)16/h6-8,11,13,15-16H,2-5H2,1H3. The average molecular weight is 240 g/mol. The monoisotopic (exact) mass is 239 g/mol. The zero-order chi connectivity index (χ0) is 11.5. The number of aliphatic hydroxyl groups is 1. The van der Waals surface area contributed by atoms with Crippen LogP contribution < -0.4 is 5.32 Å². The molecule has 2 unspecified atom stereocenters. The molecule has 0 amide bonds. The second-order valence-electron chi connectivity index (χ2n) is 4.59. The van der Waals surface area contributed by atoms with Crippen LogP contribution >= 0.6 is 11.6 Å². The third-order valence-electron chi connectivity index (χ3n) is 3.19. The van der Waals surface area contributed by atoms with Crippen LogP contribution in [0.15, 0.2) is 18.2 Å². The summed E-state index contributed by atoms with van der Waals surface area (Å²) in [4.78, 5) is 0. The molecular weight excluding hydrogens is 222 g/mol. The van der Waals surface area contributed by atoms with E-state index in [9.17, 15) is 5.11 Å². The number of halogens is 1. The third-order valence-corrected chi connectivity index (χ3v) is 3.52. The summed E-state index contributed by atoms with van der Waals surface area (Å²) in [5.74, 6) is 0. The summed E-state index contributed by atoms with van der Waals surface area (Å²) in [6.07, 6.45) is 3.97. The smallest absolute Gasteiger partial charge is 0.0741 e. The van der Waals surface area contributed by atoms with Crippen LogP contribution in [0.2, 0.25) is 5.02 Å². The summed E-state index contributed by atoms with van der Waals surface area (Å²) in [5.41, 5.74) is 2.12. The molecule has 1 aliphatic carbocycles. The summed E-state index contributed by atoms with van der Waals surface area (Å²) in [6.45, 7) is 2.04. The van der Waals surface area contributed by atoms with Gasteiger partial charge in [0.25, 0.3) is 0 Å². The number of aliphatic hydroxyl groups excluding tert-OH is 1. The summed E-state index contributed by atoms with van der Waals surface area (Å²) in [7, 11) is 0. The van der Waals surface area contributed by atoms with Gasteiger partial charge in [-0.2, -0.15) is 0 Å². The second kappa shape index (κ2) is 5.07. The number of aryl methyl sites for hydroxylation is 1. The molecule has 16 heavy (non-hydrogen) atoms. The molecule has 2 N–H and O–H groups in total. The Labute approximate surface area is 102 Å². The maximum absolute atomic E-state index is 9.88. The Hall–Kier alpha value is -0.730. The molecule has 0 aliphatic heterocycles. The predicted octanol–water partition coefficient (Wildman–Crippen LogP) is 3.36. The Morgan fingerprint density at radius 2 is 2.06 bits per heavy atom. The fourth-order valence-electron chi connectivity index (χ4n) is 2.23. The van der Waals surface area contributed by atoms with Crippen molar-refractivity contribution in [1.82, 2.24) is 0 Å². The van der Waals surface area contributed by atoms with Crippen LogP contribution in [-0.2, 0) is 0 Å². The normalized spacial score (nSPS) is 25.4. The molecule has 0 heterocycles. The third kappa shape index (κ3) is 2.69. The van der Waals surface area contributed by atoms with Crippen molar-refractivity contribution in [1.29, 1.82) is 0 Å².